The summed E-state index contributed by atoms with van der Waals surface area (Å²) in [5.41, 5.74) is 12.8. The fourth-order valence-electron chi connectivity index (χ4n) is 2.73. The Morgan fingerprint density at radius 2 is 2.17 bits per heavy atom. The predicted octanol–water partition coefficient (Wildman–Crippen LogP) is 1.83. The number of amides is 1. The van der Waals surface area contributed by atoms with Crippen molar-refractivity contribution < 1.29 is 9.18 Å². The van der Waals surface area contributed by atoms with Gasteiger partial charge in [0.15, 0.2) is 5.96 Å². The Bertz CT molecular complexity index is 807. The van der Waals surface area contributed by atoms with Crippen LogP contribution in [0.5, 0.6) is 0 Å². The average Bonchev–Trinajstić information content (AvgIpc) is 2.96. The lowest BCUT2D eigenvalue weighted by Crippen LogP contribution is -2.37. The van der Waals surface area contributed by atoms with Gasteiger partial charge < -0.3 is 21.4 Å². The van der Waals surface area contributed by atoms with Crippen molar-refractivity contribution in [2.24, 2.45) is 16.5 Å². The monoisotopic (exact) mass is 349 g/mol. The minimum absolute atomic E-state index is 0.210. The van der Waals surface area contributed by atoms with Gasteiger partial charge in [0.25, 0.3) is 5.91 Å². The smallest absolute Gasteiger partial charge is 0.250 e. The molecule has 1 aliphatic heterocycles. The molecule has 0 spiro atoms. The van der Waals surface area contributed by atoms with Crippen LogP contribution in [0.4, 0.5) is 4.39 Å². The van der Waals surface area contributed by atoms with E-state index in [9.17, 15) is 9.18 Å². The summed E-state index contributed by atoms with van der Waals surface area (Å²) in [5.74, 6) is -0.975. The van der Waals surface area contributed by atoms with Gasteiger partial charge in [0.05, 0.1) is 28.8 Å². The molecule has 126 valence electrons. The second-order valence-corrected chi connectivity index (χ2v) is 6.15. The zero-order chi connectivity index (χ0) is 17.4. The van der Waals surface area contributed by atoms with Crippen LogP contribution in [0.15, 0.2) is 40.4 Å². The first-order chi connectivity index (χ1) is 11.4. The van der Waals surface area contributed by atoms with Crippen LogP contribution in [0.1, 0.15) is 27.7 Å². The van der Waals surface area contributed by atoms with Gasteiger partial charge in [0, 0.05) is 12.7 Å². The summed E-state index contributed by atoms with van der Waals surface area (Å²) in [5, 5.41) is 0.464. The SMILES string of the molecule is CN1CC(Cl)=C(c2cc(C(N)=O)c(C3C=CC=CC3F)[nH]2)N=C1N. The second-order valence-electron chi connectivity index (χ2n) is 5.69. The molecule has 24 heavy (non-hydrogen) atoms. The molecule has 0 saturated heterocycles. The lowest BCUT2D eigenvalue weighted by atomic mass is 9.93. The van der Waals surface area contributed by atoms with Crippen molar-refractivity contribution in [1.29, 1.82) is 0 Å². The number of H-pyrrole nitrogens is 1. The maximum Gasteiger partial charge on any atom is 0.250 e. The number of guanidine groups is 1. The maximum atomic E-state index is 14.2. The number of rotatable bonds is 3. The number of carbonyl (C=O) groups excluding carboxylic acids is 1. The van der Waals surface area contributed by atoms with Crippen LogP contribution in [0, 0.1) is 0 Å². The Morgan fingerprint density at radius 1 is 1.46 bits per heavy atom. The standard InChI is InChI=1S/C16H17ClFN5O/c1-23-7-10(17)14(22-16(23)20)12-6-9(15(19)24)13(21-12)8-4-2-3-5-11(8)18/h2-6,8,11,21H,7H2,1H3,(H2,19,24)(H2,20,22). The van der Waals surface area contributed by atoms with Gasteiger partial charge >= 0.3 is 0 Å². The van der Waals surface area contributed by atoms with Crippen LogP contribution >= 0.6 is 11.6 Å². The van der Waals surface area contributed by atoms with Crippen molar-refractivity contribution in [1.82, 2.24) is 9.88 Å². The summed E-state index contributed by atoms with van der Waals surface area (Å²) in [4.78, 5) is 20.8. The van der Waals surface area contributed by atoms with Crippen molar-refractivity contribution in [2.45, 2.75) is 12.1 Å². The second kappa shape index (κ2) is 6.16. The molecule has 2 unspecified atom stereocenters. The Kier molecular flexibility index (Phi) is 4.19. The number of likely N-dealkylation sites (N-methyl/N-ethyl adjacent to an activating group) is 1. The number of nitrogens with one attached hydrogen (secondary N) is 1. The third kappa shape index (κ3) is 2.82. The van der Waals surface area contributed by atoms with Crippen molar-refractivity contribution in [3.63, 3.8) is 0 Å². The number of halogens is 2. The number of aromatic amines is 1. The molecule has 0 fully saturated rings. The zero-order valence-electron chi connectivity index (χ0n) is 13.0. The van der Waals surface area contributed by atoms with Gasteiger partial charge in [-0.3, -0.25) is 4.79 Å². The van der Waals surface area contributed by atoms with Crippen molar-refractivity contribution in [3.05, 3.63) is 52.4 Å². The topological polar surface area (TPSA) is 100 Å². The van der Waals surface area contributed by atoms with Crippen molar-refractivity contribution in [3.8, 4) is 0 Å². The lowest BCUT2D eigenvalue weighted by Gasteiger charge is -2.23. The number of nitrogens with two attached hydrogens (primary N) is 2. The Morgan fingerprint density at radius 3 is 2.83 bits per heavy atom. The molecule has 2 heterocycles. The summed E-state index contributed by atoms with van der Waals surface area (Å²) in [6.07, 6.45) is 5.19. The van der Waals surface area contributed by atoms with Crippen LogP contribution in [-0.2, 0) is 0 Å². The van der Waals surface area contributed by atoms with Crippen LogP contribution in [0.25, 0.3) is 5.70 Å². The van der Waals surface area contributed by atoms with Gasteiger partial charge in [-0.1, -0.05) is 29.8 Å². The number of aromatic nitrogens is 1. The molecule has 6 nitrogen and oxygen atoms in total. The number of carbonyl (C=O) groups is 1. The number of hydrogen-bond donors (Lipinski definition) is 3. The molecule has 1 amide bonds. The summed E-state index contributed by atoms with van der Waals surface area (Å²) in [7, 11) is 1.76. The maximum absolute atomic E-state index is 14.2. The summed E-state index contributed by atoms with van der Waals surface area (Å²) >= 11 is 6.27. The number of alkyl halides is 1. The van der Waals surface area contributed by atoms with E-state index >= 15 is 0 Å². The van der Waals surface area contributed by atoms with E-state index < -0.39 is 18.0 Å². The third-order valence-corrected chi connectivity index (χ3v) is 4.32. The highest BCUT2D eigenvalue weighted by atomic mass is 35.5. The molecule has 8 heteroatoms. The Labute approximate surface area is 143 Å². The highest BCUT2D eigenvalue weighted by molar-refractivity contribution is 6.33. The summed E-state index contributed by atoms with van der Waals surface area (Å²) in [6.45, 7) is 0.393. The van der Waals surface area contributed by atoms with Crippen molar-refractivity contribution >= 4 is 29.2 Å². The van der Waals surface area contributed by atoms with E-state index in [1.165, 1.54) is 12.1 Å². The minimum Gasteiger partial charge on any atom is -0.369 e. The first kappa shape index (κ1) is 16.3. The fourth-order valence-corrected chi connectivity index (χ4v) is 3.05. The quantitative estimate of drug-likeness (QED) is 0.776. The average molecular weight is 350 g/mol. The molecule has 2 atom stereocenters. The molecule has 0 aromatic carbocycles. The Balaban J connectivity index is 2.08. The molecular weight excluding hydrogens is 333 g/mol. The number of primary amides is 1. The highest BCUT2D eigenvalue weighted by Gasteiger charge is 2.28. The van der Waals surface area contributed by atoms with Gasteiger partial charge in [-0.2, -0.15) is 0 Å². The number of aliphatic imine (C=N–C) groups is 1. The third-order valence-electron chi connectivity index (χ3n) is 4.02. The van der Waals surface area contributed by atoms with Crippen molar-refractivity contribution in [2.75, 3.05) is 13.6 Å². The van der Waals surface area contributed by atoms with E-state index in [0.29, 0.717) is 34.6 Å². The largest absolute Gasteiger partial charge is 0.369 e. The minimum atomic E-state index is -1.25. The number of nitrogens with zero attached hydrogens (tertiary/aromatic N) is 2. The fraction of sp³-hybridized carbons (Fsp3) is 0.250. The van der Waals surface area contributed by atoms with Gasteiger partial charge in [0.2, 0.25) is 0 Å². The molecular formula is C16H17ClFN5O. The first-order valence-electron chi connectivity index (χ1n) is 7.34. The number of allylic oxidation sites excluding steroid dienone is 4. The van der Waals surface area contributed by atoms with E-state index in [2.05, 4.69) is 9.98 Å². The number of hydrogen-bond acceptors (Lipinski definition) is 4. The van der Waals surface area contributed by atoms with E-state index in [1.807, 2.05) is 0 Å². The molecule has 0 radical (unpaired) electrons. The first-order valence-corrected chi connectivity index (χ1v) is 7.72. The van der Waals surface area contributed by atoms with Crippen LogP contribution in [0.3, 0.4) is 0 Å². The molecule has 1 aliphatic carbocycles. The summed E-state index contributed by atoms with van der Waals surface area (Å²) < 4.78 is 14.2. The molecule has 1 aromatic heterocycles. The molecule has 2 aliphatic rings. The van der Waals surface area contributed by atoms with E-state index in [-0.39, 0.29) is 5.56 Å². The summed E-state index contributed by atoms with van der Waals surface area (Å²) in [6, 6.07) is 1.54. The van der Waals surface area contributed by atoms with Gasteiger partial charge in [-0.05, 0) is 12.1 Å². The predicted molar refractivity (Wildman–Crippen MR) is 92.3 cm³/mol. The van der Waals surface area contributed by atoms with Crippen LogP contribution in [0.2, 0.25) is 0 Å². The molecule has 0 bridgehead atoms. The highest BCUT2D eigenvalue weighted by Crippen LogP contribution is 2.33. The molecule has 3 rings (SSSR count). The van der Waals surface area contributed by atoms with E-state index in [1.54, 1.807) is 30.2 Å². The van der Waals surface area contributed by atoms with Gasteiger partial charge in [-0.15, -0.1) is 0 Å². The normalized spacial score (nSPS) is 23.6. The van der Waals surface area contributed by atoms with E-state index in [0.717, 1.165) is 0 Å². The molecule has 5 N–H and O–H groups in total. The van der Waals surface area contributed by atoms with Crippen LogP contribution in [-0.4, -0.2) is 41.5 Å². The van der Waals surface area contributed by atoms with E-state index in [4.69, 9.17) is 23.1 Å². The van der Waals surface area contributed by atoms with Gasteiger partial charge in [0.1, 0.15) is 11.9 Å². The lowest BCUT2D eigenvalue weighted by molar-refractivity contribution is 0.0999. The Hall–Kier alpha value is -2.54. The van der Waals surface area contributed by atoms with Crippen LogP contribution < -0.4 is 11.5 Å². The molecule has 0 saturated carbocycles. The zero-order valence-corrected chi connectivity index (χ0v) is 13.7. The van der Waals surface area contributed by atoms with Gasteiger partial charge in [-0.25, -0.2) is 9.38 Å². The molecule has 1 aromatic rings.